The molecule has 1 aromatic rings. The van der Waals surface area contributed by atoms with E-state index in [-0.39, 0.29) is 23.0 Å². The normalized spacial score (nSPS) is 14.6. The first-order valence-electron chi connectivity index (χ1n) is 6.99. The number of carbonyl (C=O) groups is 1. The smallest absolute Gasteiger partial charge is 0.220 e. The van der Waals surface area contributed by atoms with Crippen molar-refractivity contribution in [3.8, 4) is 0 Å². The number of nitrogens with zero attached hydrogens (tertiary/aromatic N) is 1. The topological polar surface area (TPSA) is 60.2 Å². The van der Waals surface area contributed by atoms with Crippen LogP contribution in [0.5, 0.6) is 0 Å². The Labute approximate surface area is 120 Å². The number of ketones is 1. The van der Waals surface area contributed by atoms with Crippen LogP contribution in [0.4, 0.5) is 0 Å². The van der Waals surface area contributed by atoms with Gasteiger partial charge >= 0.3 is 0 Å². The molecule has 4 nitrogen and oxygen atoms in total. The Morgan fingerprint density at radius 1 is 1.25 bits per heavy atom. The molecule has 0 aliphatic carbocycles. The van der Waals surface area contributed by atoms with E-state index < -0.39 is 11.5 Å². The highest BCUT2D eigenvalue weighted by atomic mass is 16.6. The molecule has 0 saturated heterocycles. The Balaban J connectivity index is 3.08. The van der Waals surface area contributed by atoms with Crippen molar-refractivity contribution < 1.29 is 9.72 Å². The van der Waals surface area contributed by atoms with Crippen molar-refractivity contribution in [1.82, 2.24) is 0 Å². The molecule has 0 spiro atoms. The molecule has 0 aliphatic rings. The Morgan fingerprint density at radius 3 is 2.20 bits per heavy atom. The second kappa shape index (κ2) is 6.64. The van der Waals surface area contributed by atoms with Gasteiger partial charge in [-0.15, -0.1) is 0 Å². The molecule has 0 unspecified atom stereocenters. The third-order valence-corrected chi connectivity index (χ3v) is 3.62. The predicted octanol–water partition coefficient (Wildman–Crippen LogP) is 3.83. The number of carbonyl (C=O) groups excluding carboxylic acids is 1. The average Bonchev–Trinajstić information content (AvgIpc) is 2.37. The van der Waals surface area contributed by atoms with Crippen LogP contribution < -0.4 is 0 Å². The zero-order valence-electron chi connectivity index (χ0n) is 12.6. The summed E-state index contributed by atoms with van der Waals surface area (Å²) in [6, 6.07) is 8.61. The molecule has 1 rings (SSSR count). The lowest BCUT2D eigenvalue weighted by atomic mass is 9.79. The molecule has 0 radical (unpaired) electrons. The maximum atomic E-state index is 12.3. The highest BCUT2D eigenvalue weighted by molar-refractivity contribution is 5.84. The van der Waals surface area contributed by atoms with Gasteiger partial charge in [-0.3, -0.25) is 14.9 Å². The van der Waals surface area contributed by atoms with Gasteiger partial charge in [0.15, 0.2) is 0 Å². The maximum absolute atomic E-state index is 12.3. The first kappa shape index (κ1) is 16.3. The number of nitro groups is 1. The number of hydrogen-bond donors (Lipinski definition) is 0. The van der Waals surface area contributed by atoms with Crippen molar-refractivity contribution in [2.45, 2.75) is 52.5 Å². The van der Waals surface area contributed by atoms with E-state index in [0.717, 1.165) is 5.56 Å². The van der Waals surface area contributed by atoms with Gasteiger partial charge < -0.3 is 0 Å². The van der Waals surface area contributed by atoms with Gasteiger partial charge in [0, 0.05) is 23.2 Å². The van der Waals surface area contributed by atoms with Crippen LogP contribution in [0.2, 0.25) is 0 Å². The van der Waals surface area contributed by atoms with E-state index in [1.165, 1.54) is 0 Å². The van der Waals surface area contributed by atoms with Crippen LogP contribution in [0.15, 0.2) is 30.3 Å². The van der Waals surface area contributed by atoms with E-state index in [4.69, 9.17) is 0 Å². The van der Waals surface area contributed by atoms with Crippen LogP contribution in [0.3, 0.4) is 0 Å². The van der Waals surface area contributed by atoms with Crippen molar-refractivity contribution >= 4 is 5.78 Å². The molecule has 20 heavy (non-hydrogen) atoms. The van der Waals surface area contributed by atoms with Gasteiger partial charge in [0.1, 0.15) is 5.78 Å². The molecule has 0 amide bonds. The van der Waals surface area contributed by atoms with E-state index >= 15 is 0 Å². The molecular weight excluding hydrogens is 254 g/mol. The second-order valence-corrected chi connectivity index (χ2v) is 6.16. The molecule has 0 heterocycles. The van der Waals surface area contributed by atoms with E-state index in [9.17, 15) is 14.9 Å². The fourth-order valence-corrected chi connectivity index (χ4v) is 2.26. The Hall–Kier alpha value is -1.71. The highest BCUT2D eigenvalue weighted by Gasteiger charge is 2.35. The Morgan fingerprint density at radius 2 is 1.80 bits per heavy atom. The molecular formula is C16H23NO3. The van der Waals surface area contributed by atoms with Crippen LogP contribution in [0.25, 0.3) is 0 Å². The summed E-state index contributed by atoms with van der Waals surface area (Å²) in [7, 11) is 0. The van der Waals surface area contributed by atoms with Gasteiger partial charge in [-0.25, -0.2) is 0 Å². The maximum Gasteiger partial charge on any atom is 0.220 e. The van der Waals surface area contributed by atoms with Crippen molar-refractivity contribution in [1.29, 1.82) is 0 Å². The van der Waals surface area contributed by atoms with Crippen LogP contribution in [-0.2, 0) is 4.79 Å². The summed E-state index contributed by atoms with van der Waals surface area (Å²) in [5.41, 5.74) is 0.399. The summed E-state index contributed by atoms with van der Waals surface area (Å²) in [6.45, 7) is 7.35. The molecule has 0 aliphatic heterocycles. The summed E-state index contributed by atoms with van der Waals surface area (Å²) < 4.78 is 0. The predicted molar refractivity (Wildman–Crippen MR) is 79.3 cm³/mol. The van der Waals surface area contributed by atoms with E-state index in [0.29, 0.717) is 6.42 Å². The quantitative estimate of drug-likeness (QED) is 0.586. The minimum atomic E-state index is -0.719. The number of rotatable bonds is 6. The molecule has 1 aromatic carbocycles. The molecule has 2 atom stereocenters. The van der Waals surface area contributed by atoms with Crippen molar-refractivity contribution in [2.75, 3.05) is 0 Å². The molecule has 0 fully saturated rings. The van der Waals surface area contributed by atoms with E-state index in [2.05, 4.69) is 0 Å². The van der Waals surface area contributed by atoms with Crippen LogP contribution in [0, 0.1) is 15.5 Å². The lowest BCUT2D eigenvalue weighted by Crippen LogP contribution is -2.31. The van der Waals surface area contributed by atoms with Crippen molar-refractivity contribution in [3.63, 3.8) is 0 Å². The number of hydrogen-bond acceptors (Lipinski definition) is 3. The van der Waals surface area contributed by atoms with Gasteiger partial charge in [-0.1, -0.05) is 58.0 Å². The second-order valence-electron chi connectivity index (χ2n) is 6.16. The summed E-state index contributed by atoms with van der Waals surface area (Å²) in [5.74, 6) is -0.297. The average molecular weight is 277 g/mol. The lowest BCUT2D eigenvalue weighted by molar-refractivity contribution is -0.527. The standard InChI is InChI=1S/C16H23NO3/c1-5-14(17(19)20)13(11-15(18)16(2,3)4)12-9-7-6-8-10-12/h6-10,13-14H,5,11H2,1-4H3/t13-,14-/m0/s1. The monoisotopic (exact) mass is 277 g/mol. The minimum absolute atomic E-state index is 0.0617. The fourth-order valence-electron chi connectivity index (χ4n) is 2.26. The summed E-state index contributed by atoms with van der Waals surface area (Å²) in [6.07, 6.45) is 0.636. The first-order chi connectivity index (χ1) is 9.27. The SMILES string of the molecule is CC[C@@H]([C@@H](CC(=O)C(C)(C)C)c1ccccc1)[N+](=O)[O-]. The van der Waals surface area contributed by atoms with Gasteiger partial charge in [-0.2, -0.15) is 0 Å². The first-order valence-corrected chi connectivity index (χ1v) is 6.99. The Kier molecular flexibility index (Phi) is 5.43. The molecule has 110 valence electrons. The summed E-state index contributed by atoms with van der Waals surface area (Å²) in [4.78, 5) is 23.3. The third kappa shape index (κ3) is 4.15. The van der Waals surface area contributed by atoms with E-state index in [1.54, 1.807) is 6.92 Å². The largest absolute Gasteiger partial charge is 0.299 e. The van der Waals surface area contributed by atoms with Crippen LogP contribution >= 0.6 is 0 Å². The zero-order valence-corrected chi connectivity index (χ0v) is 12.6. The molecule has 0 saturated carbocycles. The van der Waals surface area contributed by atoms with Gasteiger partial charge in [0.05, 0.1) is 5.92 Å². The summed E-state index contributed by atoms with van der Waals surface area (Å²) >= 11 is 0. The van der Waals surface area contributed by atoms with Gasteiger partial charge in [0.2, 0.25) is 6.04 Å². The fraction of sp³-hybridized carbons (Fsp3) is 0.562. The van der Waals surface area contributed by atoms with Crippen LogP contribution in [0.1, 0.15) is 52.0 Å². The number of benzene rings is 1. The van der Waals surface area contributed by atoms with Gasteiger partial charge in [-0.05, 0) is 5.56 Å². The highest BCUT2D eigenvalue weighted by Crippen LogP contribution is 2.31. The minimum Gasteiger partial charge on any atom is -0.299 e. The number of Topliss-reactive ketones (excluding diaryl/α,β-unsaturated/α-hetero) is 1. The van der Waals surface area contributed by atoms with Crippen LogP contribution in [-0.4, -0.2) is 16.7 Å². The van der Waals surface area contributed by atoms with Crippen molar-refractivity contribution in [3.05, 3.63) is 46.0 Å². The lowest BCUT2D eigenvalue weighted by Gasteiger charge is -2.24. The Bertz CT molecular complexity index is 462. The third-order valence-electron chi connectivity index (χ3n) is 3.62. The summed E-state index contributed by atoms with van der Waals surface area (Å²) in [5, 5.41) is 11.3. The van der Waals surface area contributed by atoms with Gasteiger partial charge in [0.25, 0.3) is 0 Å². The molecule has 0 bridgehead atoms. The molecule has 0 aromatic heterocycles. The molecule has 0 N–H and O–H groups in total. The van der Waals surface area contributed by atoms with Crippen molar-refractivity contribution in [2.24, 2.45) is 5.41 Å². The van der Waals surface area contributed by atoms with E-state index in [1.807, 2.05) is 51.1 Å². The zero-order chi connectivity index (χ0) is 15.3. The molecule has 4 heteroatoms.